The van der Waals surface area contributed by atoms with Crippen LogP contribution in [0.25, 0.3) is 0 Å². The largest absolute Gasteiger partial charge is 0.368 e. The van der Waals surface area contributed by atoms with Crippen LogP contribution in [0, 0.1) is 5.82 Å². The Morgan fingerprint density at radius 2 is 1.66 bits per heavy atom. The summed E-state index contributed by atoms with van der Waals surface area (Å²) in [5.74, 6) is -1.78. The highest BCUT2D eigenvalue weighted by molar-refractivity contribution is 6.36. The first-order valence-corrected chi connectivity index (χ1v) is 9.66. The van der Waals surface area contributed by atoms with E-state index >= 15 is 0 Å². The summed E-state index contributed by atoms with van der Waals surface area (Å²) in [6.07, 6.45) is 0.597. The zero-order valence-corrected chi connectivity index (χ0v) is 16.1. The normalized spacial score (nSPS) is 13.8. The number of carbonyl (C=O) groups is 3. The number of aryl methyl sites for hydroxylation is 1. The quantitative estimate of drug-likeness (QED) is 0.724. The first kappa shape index (κ1) is 20.5. The molecule has 3 rings (SSSR count). The summed E-state index contributed by atoms with van der Waals surface area (Å²) in [6.45, 7) is 1.93. The Bertz CT molecular complexity index is 865. The number of carbonyl (C=O) groups excluding carboxylic acids is 3. The summed E-state index contributed by atoms with van der Waals surface area (Å²) in [5.41, 5.74) is 1.77. The number of piperazine rings is 1. The molecule has 152 valence electrons. The molecule has 0 bridgehead atoms. The lowest BCUT2D eigenvalue weighted by atomic mass is 10.1. The van der Waals surface area contributed by atoms with Gasteiger partial charge in [0.25, 0.3) is 5.91 Å². The van der Waals surface area contributed by atoms with E-state index in [1.807, 2.05) is 41.3 Å². The molecule has 0 aromatic heterocycles. The van der Waals surface area contributed by atoms with Crippen LogP contribution in [0.4, 0.5) is 10.1 Å². The molecule has 1 aliphatic heterocycles. The van der Waals surface area contributed by atoms with Gasteiger partial charge in [0.1, 0.15) is 5.82 Å². The van der Waals surface area contributed by atoms with E-state index < -0.39 is 11.7 Å². The molecule has 29 heavy (non-hydrogen) atoms. The number of hydrogen-bond acceptors (Lipinski definition) is 4. The molecular weight excluding hydrogens is 373 g/mol. The van der Waals surface area contributed by atoms with Gasteiger partial charge in [-0.25, -0.2) is 4.39 Å². The van der Waals surface area contributed by atoms with E-state index in [4.69, 9.17) is 0 Å². The average Bonchev–Trinajstić information content (AvgIpc) is 2.76. The minimum atomic E-state index is -0.729. The summed E-state index contributed by atoms with van der Waals surface area (Å²) < 4.78 is 13.4. The molecule has 2 aromatic carbocycles. The van der Waals surface area contributed by atoms with Gasteiger partial charge in [0, 0.05) is 38.3 Å². The van der Waals surface area contributed by atoms with Crippen molar-refractivity contribution in [1.29, 1.82) is 0 Å². The van der Waals surface area contributed by atoms with E-state index in [2.05, 4.69) is 5.32 Å². The van der Waals surface area contributed by atoms with Crippen molar-refractivity contribution in [3.05, 3.63) is 66.0 Å². The first-order valence-electron chi connectivity index (χ1n) is 9.66. The van der Waals surface area contributed by atoms with E-state index in [1.54, 1.807) is 11.0 Å². The Morgan fingerprint density at radius 3 is 2.34 bits per heavy atom. The second kappa shape index (κ2) is 9.82. The number of nitrogens with zero attached hydrogens (tertiary/aromatic N) is 2. The first-order chi connectivity index (χ1) is 14.0. The minimum Gasteiger partial charge on any atom is -0.368 e. The van der Waals surface area contributed by atoms with Crippen LogP contribution in [0.5, 0.6) is 0 Å². The van der Waals surface area contributed by atoms with E-state index in [0.717, 1.165) is 11.3 Å². The zero-order chi connectivity index (χ0) is 20.6. The molecule has 1 saturated heterocycles. The van der Waals surface area contributed by atoms with Gasteiger partial charge in [-0.15, -0.1) is 0 Å². The van der Waals surface area contributed by atoms with Gasteiger partial charge in [0.2, 0.25) is 11.7 Å². The molecule has 6 nitrogen and oxygen atoms in total. The van der Waals surface area contributed by atoms with E-state index in [0.29, 0.717) is 32.6 Å². The van der Waals surface area contributed by atoms with Crippen molar-refractivity contribution >= 4 is 23.3 Å². The van der Waals surface area contributed by atoms with Crippen molar-refractivity contribution in [3.63, 3.8) is 0 Å². The number of amides is 2. The second-order valence-corrected chi connectivity index (χ2v) is 6.94. The number of Topliss-reactive ketones (excluding diaryl/α,β-unsaturated/α-hetero) is 1. The van der Waals surface area contributed by atoms with Crippen molar-refractivity contribution in [3.8, 4) is 0 Å². The standard InChI is InChI=1S/C22H24FN3O3/c23-18-7-4-8-19(15-18)25-11-13-26(14-12-25)21(28)16-24-22(29)20(27)10-9-17-5-2-1-3-6-17/h1-8,15H,9-14,16H2,(H,24,29). The highest BCUT2D eigenvalue weighted by atomic mass is 19.1. The van der Waals surface area contributed by atoms with Crippen LogP contribution < -0.4 is 10.2 Å². The molecule has 1 heterocycles. The third-order valence-electron chi connectivity index (χ3n) is 4.94. The maximum atomic E-state index is 13.4. The van der Waals surface area contributed by atoms with Crippen LogP contribution in [0.1, 0.15) is 12.0 Å². The Kier molecular flexibility index (Phi) is 6.94. The summed E-state index contributed by atoms with van der Waals surface area (Å²) >= 11 is 0. The predicted molar refractivity (Wildman–Crippen MR) is 108 cm³/mol. The number of nitrogens with one attached hydrogen (secondary N) is 1. The van der Waals surface area contributed by atoms with Gasteiger partial charge in [-0.1, -0.05) is 36.4 Å². The molecule has 0 spiro atoms. The molecule has 0 radical (unpaired) electrons. The summed E-state index contributed by atoms with van der Waals surface area (Å²) in [6, 6.07) is 15.8. The van der Waals surface area contributed by atoms with Crippen molar-refractivity contribution in [2.24, 2.45) is 0 Å². The lowest BCUT2D eigenvalue weighted by Crippen LogP contribution is -2.51. The SMILES string of the molecule is O=C(CCc1ccccc1)C(=O)NCC(=O)N1CCN(c2cccc(F)c2)CC1. The summed E-state index contributed by atoms with van der Waals surface area (Å²) in [5, 5.41) is 2.42. The topological polar surface area (TPSA) is 69.7 Å². The van der Waals surface area contributed by atoms with Crippen molar-refractivity contribution in [1.82, 2.24) is 10.2 Å². The van der Waals surface area contributed by atoms with Crippen LogP contribution in [-0.2, 0) is 20.8 Å². The number of hydrogen-bond donors (Lipinski definition) is 1. The molecule has 0 unspecified atom stereocenters. The van der Waals surface area contributed by atoms with Gasteiger partial charge in [-0.2, -0.15) is 0 Å². The average molecular weight is 397 g/mol. The molecule has 7 heteroatoms. The van der Waals surface area contributed by atoms with E-state index in [1.165, 1.54) is 12.1 Å². The van der Waals surface area contributed by atoms with Gasteiger partial charge >= 0.3 is 0 Å². The van der Waals surface area contributed by atoms with Crippen molar-refractivity contribution in [2.75, 3.05) is 37.6 Å². The number of halogens is 1. The Balaban J connectivity index is 1.39. The van der Waals surface area contributed by atoms with E-state index in [-0.39, 0.29) is 24.7 Å². The number of ketones is 1. The van der Waals surface area contributed by atoms with Gasteiger partial charge in [0.15, 0.2) is 0 Å². The van der Waals surface area contributed by atoms with Crippen LogP contribution in [0.15, 0.2) is 54.6 Å². The Labute approximate surface area is 169 Å². The van der Waals surface area contributed by atoms with E-state index in [9.17, 15) is 18.8 Å². The Hall–Kier alpha value is -3.22. The third kappa shape index (κ3) is 5.88. The summed E-state index contributed by atoms with van der Waals surface area (Å²) in [4.78, 5) is 39.9. The lowest BCUT2D eigenvalue weighted by molar-refractivity contribution is -0.139. The number of anilines is 1. The molecule has 2 aromatic rings. The molecule has 0 aliphatic carbocycles. The molecule has 0 saturated carbocycles. The van der Waals surface area contributed by atoms with Gasteiger partial charge in [-0.3, -0.25) is 14.4 Å². The van der Waals surface area contributed by atoms with Crippen molar-refractivity contribution in [2.45, 2.75) is 12.8 Å². The molecule has 0 atom stereocenters. The molecule has 1 N–H and O–H groups in total. The monoisotopic (exact) mass is 397 g/mol. The fourth-order valence-corrected chi connectivity index (χ4v) is 3.27. The molecule has 2 amide bonds. The highest BCUT2D eigenvalue weighted by Gasteiger charge is 2.22. The summed E-state index contributed by atoms with van der Waals surface area (Å²) in [7, 11) is 0. The van der Waals surface area contributed by atoms with Crippen LogP contribution in [-0.4, -0.2) is 55.2 Å². The maximum Gasteiger partial charge on any atom is 0.287 e. The predicted octanol–water partition coefficient (Wildman–Crippen LogP) is 1.79. The minimum absolute atomic E-state index is 0.107. The van der Waals surface area contributed by atoms with Gasteiger partial charge in [-0.05, 0) is 30.2 Å². The highest BCUT2D eigenvalue weighted by Crippen LogP contribution is 2.17. The number of benzene rings is 2. The number of rotatable bonds is 7. The molecular formula is C22H24FN3O3. The second-order valence-electron chi connectivity index (χ2n) is 6.94. The van der Waals surface area contributed by atoms with Crippen molar-refractivity contribution < 1.29 is 18.8 Å². The molecule has 1 aliphatic rings. The fourth-order valence-electron chi connectivity index (χ4n) is 3.27. The third-order valence-corrected chi connectivity index (χ3v) is 4.94. The smallest absolute Gasteiger partial charge is 0.287 e. The Morgan fingerprint density at radius 1 is 0.931 bits per heavy atom. The fraction of sp³-hybridized carbons (Fsp3) is 0.318. The maximum absolute atomic E-state index is 13.4. The zero-order valence-electron chi connectivity index (χ0n) is 16.1. The van der Waals surface area contributed by atoms with Gasteiger partial charge in [0.05, 0.1) is 6.54 Å². The molecule has 1 fully saturated rings. The lowest BCUT2D eigenvalue weighted by Gasteiger charge is -2.36. The van der Waals surface area contributed by atoms with Crippen LogP contribution >= 0.6 is 0 Å². The van der Waals surface area contributed by atoms with Crippen LogP contribution in [0.3, 0.4) is 0 Å². The van der Waals surface area contributed by atoms with Gasteiger partial charge < -0.3 is 15.1 Å². The van der Waals surface area contributed by atoms with Crippen LogP contribution in [0.2, 0.25) is 0 Å².